The van der Waals surface area contributed by atoms with Crippen LogP contribution in [-0.2, 0) is 14.6 Å². The maximum atomic E-state index is 12.7. The highest BCUT2D eigenvalue weighted by molar-refractivity contribution is 7.92. The number of carbonyl (C=O) groups excluding carboxylic acids is 1. The van der Waals surface area contributed by atoms with E-state index in [1.54, 1.807) is 4.90 Å². The lowest BCUT2D eigenvalue weighted by Crippen LogP contribution is -2.51. The lowest BCUT2D eigenvalue weighted by molar-refractivity contribution is -0.133. The van der Waals surface area contributed by atoms with Gasteiger partial charge in [0.15, 0.2) is 9.84 Å². The van der Waals surface area contributed by atoms with E-state index < -0.39 is 15.1 Å². The molecule has 2 saturated heterocycles. The topological polar surface area (TPSA) is 66.5 Å². The summed E-state index contributed by atoms with van der Waals surface area (Å²) in [5.74, 6) is -0.0230. The third kappa shape index (κ3) is 3.52. The van der Waals surface area contributed by atoms with E-state index in [4.69, 9.17) is 0 Å². The quantitative estimate of drug-likeness (QED) is 0.839. The van der Waals surface area contributed by atoms with Gasteiger partial charge < -0.3 is 10.2 Å². The molecule has 0 aliphatic carbocycles. The summed E-state index contributed by atoms with van der Waals surface area (Å²) in [5, 5.41) is 2.57. The van der Waals surface area contributed by atoms with Gasteiger partial charge in [0.2, 0.25) is 5.91 Å². The normalized spacial score (nSPS) is 29.6. The van der Waals surface area contributed by atoms with Gasteiger partial charge in [-0.2, -0.15) is 0 Å². The summed E-state index contributed by atoms with van der Waals surface area (Å²) >= 11 is 0. The minimum atomic E-state index is -3.25. The van der Waals surface area contributed by atoms with Crippen molar-refractivity contribution < 1.29 is 13.2 Å². The fourth-order valence-electron chi connectivity index (χ4n) is 3.12. The molecule has 0 aromatic heterocycles. The Kier molecular flexibility index (Phi) is 5.07. The van der Waals surface area contributed by atoms with Crippen LogP contribution in [0.1, 0.15) is 46.0 Å². The lowest BCUT2D eigenvalue weighted by atomic mass is 10.1. The Balaban J connectivity index is 2.09. The molecule has 2 rings (SSSR count). The second-order valence-corrected chi connectivity index (χ2v) is 8.53. The maximum absolute atomic E-state index is 12.7. The van der Waals surface area contributed by atoms with Gasteiger partial charge in [-0.25, -0.2) is 8.42 Å². The summed E-state index contributed by atoms with van der Waals surface area (Å²) < 4.78 is 24.2. The van der Waals surface area contributed by atoms with Crippen molar-refractivity contribution in [3.63, 3.8) is 0 Å². The molecule has 1 amide bonds. The fraction of sp³-hybridized carbons (Fsp3) is 0.929. The second kappa shape index (κ2) is 6.43. The molecule has 0 bridgehead atoms. The number of rotatable bonds is 4. The van der Waals surface area contributed by atoms with Crippen molar-refractivity contribution in [2.24, 2.45) is 0 Å². The van der Waals surface area contributed by atoms with Crippen LogP contribution in [0.2, 0.25) is 0 Å². The van der Waals surface area contributed by atoms with Gasteiger partial charge >= 0.3 is 0 Å². The first kappa shape index (κ1) is 15.8. The molecular formula is C14H26N2O3S. The molecule has 2 fully saturated rings. The number of nitrogens with zero attached hydrogens (tertiary/aromatic N) is 1. The van der Waals surface area contributed by atoms with Crippen molar-refractivity contribution in [3.05, 3.63) is 0 Å². The monoisotopic (exact) mass is 302 g/mol. The smallest absolute Gasteiger partial charge is 0.241 e. The molecule has 0 radical (unpaired) electrons. The highest BCUT2D eigenvalue weighted by atomic mass is 32.2. The fourth-order valence-corrected chi connectivity index (χ4v) is 4.98. The predicted octanol–water partition coefficient (Wildman–Crippen LogP) is 0.943. The molecule has 0 aromatic carbocycles. The molecule has 2 heterocycles. The van der Waals surface area contributed by atoms with Crippen LogP contribution in [-0.4, -0.2) is 55.4 Å². The molecule has 2 atom stereocenters. The minimum absolute atomic E-state index is 0.0435. The average Bonchev–Trinajstić information content (AvgIpc) is 2.87. The zero-order valence-corrected chi connectivity index (χ0v) is 13.3. The first-order valence-electron chi connectivity index (χ1n) is 7.67. The molecule has 0 saturated carbocycles. The van der Waals surface area contributed by atoms with Crippen LogP contribution >= 0.6 is 0 Å². The van der Waals surface area contributed by atoms with E-state index in [2.05, 4.69) is 5.32 Å². The van der Waals surface area contributed by atoms with E-state index >= 15 is 0 Å². The zero-order chi connectivity index (χ0) is 14.8. The molecule has 116 valence electrons. The van der Waals surface area contributed by atoms with Gasteiger partial charge in [0.1, 0.15) is 5.25 Å². The Hall–Kier alpha value is -0.620. The van der Waals surface area contributed by atoms with Crippen molar-refractivity contribution >= 4 is 15.7 Å². The first-order valence-corrected chi connectivity index (χ1v) is 9.39. The van der Waals surface area contributed by atoms with Gasteiger partial charge in [-0.3, -0.25) is 4.79 Å². The number of hydrogen-bond donors (Lipinski definition) is 1. The van der Waals surface area contributed by atoms with E-state index in [1.165, 1.54) is 0 Å². The van der Waals surface area contributed by atoms with Crippen LogP contribution in [0.15, 0.2) is 0 Å². The van der Waals surface area contributed by atoms with Crippen LogP contribution in [0.4, 0.5) is 0 Å². The summed E-state index contributed by atoms with van der Waals surface area (Å²) in [5.41, 5.74) is 0. The van der Waals surface area contributed by atoms with Crippen molar-refractivity contribution in [3.8, 4) is 0 Å². The molecule has 5 nitrogen and oxygen atoms in total. The van der Waals surface area contributed by atoms with Crippen molar-refractivity contribution in [2.45, 2.75) is 63.3 Å². The first-order chi connectivity index (χ1) is 9.42. The van der Waals surface area contributed by atoms with Gasteiger partial charge in [0.25, 0.3) is 0 Å². The molecule has 2 aliphatic rings. The minimum Gasteiger partial charge on any atom is -0.338 e. The van der Waals surface area contributed by atoms with Gasteiger partial charge in [0, 0.05) is 18.6 Å². The Morgan fingerprint density at radius 1 is 1.25 bits per heavy atom. The van der Waals surface area contributed by atoms with Gasteiger partial charge in [0.05, 0.1) is 5.75 Å². The largest absolute Gasteiger partial charge is 0.338 e. The number of amides is 1. The molecule has 0 spiro atoms. The molecule has 2 unspecified atom stereocenters. The molecule has 1 N–H and O–H groups in total. The van der Waals surface area contributed by atoms with E-state index in [1.807, 2.05) is 13.8 Å². The van der Waals surface area contributed by atoms with E-state index in [-0.39, 0.29) is 17.7 Å². The molecular weight excluding hydrogens is 276 g/mol. The lowest BCUT2D eigenvalue weighted by Gasteiger charge is -2.33. The molecule has 0 aromatic rings. The summed E-state index contributed by atoms with van der Waals surface area (Å²) in [6, 6.07) is 0.356. The summed E-state index contributed by atoms with van der Waals surface area (Å²) in [6.45, 7) is 5.54. The Morgan fingerprint density at radius 2 is 2.00 bits per heavy atom. The SMILES string of the molecule is CC(C)N(CC1CCCN1)C(=O)C1CCCCS1(=O)=O. The Morgan fingerprint density at radius 3 is 2.55 bits per heavy atom. The van der Waals surface area contributed by atoms with Gasteiger partial charge in [-0.1, -0.05) is 6.42 Å². The standard InChI is InChI=1S/C14H26N2O3S/c1-11(2)16(10-12-6-5-8-15-12)14(17)13-7-3-4-9-20(13,18)19/h11-13,15H,3-10H2,1-2H3. The average molecular weight is 302 g/mol. The summed E-state index contributed by atoms with van der Waals surface area (Å²) in [4.78, 5) is 14.4. The van der Waals surface area contributed by atoms with Gasteiger partial charge in [-0.15, -0.1) is 0 Å². The van der Waals surface area contributed by atoms with Crippen molar-refractivity contribution in [1.82, 2.24) is 10.2 Å². The zero-order valence-electron chi connectivity index (χ0n) is 12.5. The predicted molar refractivity (Wildman–Crippen MR) is 79.3 cm³/mol. The van der Waals surface area contributed by atoms with E-state index in [0.29, 0.717) is 25.4 Å². The van der Waals surface area contributed by atoms with E-state index in [0.717, 1.165) is 25.8 Å². The number of sulfone groups is 1. The Bertz CT molecular complexity index is 441. The highest BCUT2D eigenvalue weighted by Gasteiger charge is 2.38. The van der Waals surface area contributed by atoms with Crippen molar-refractivity contribution in [1.29, 1.82) is 0 Å². The molecule has 20 heavy (non-hydrogen) atoms. The second-order valence-electron chi connectivity index (χ2n) is 6.23. The number of nitrogens with one attached hydrogen (secondary N) is 1. The van der Waals surface area contributed by atoms with Crippen LogP contribution < -0.4 is 5.32 Å². The highest BCUT2D eigenvalue weighted by Crippen LogP contribution is 2.23. The summed E-state index contributed by atoms with van der Waals surface area (Å²) in [7, 11) is -3.25. The number of carbonyl (C=O) groups is 1. The van der Waals surface area contributed by atoms with Gasteiger partial charge in [-0.05, 0) is 46.1 Å². The maximum Gasteiger partial charge on any atom is 0.241 e. The summed E-state index contributed by atoms with van der Waals surface area (Å²) in [6.07, 6.45) is 4.21. The van der Waals surface area contributed by atoms with Crippen LogP contribution in [0.3, 0.4) is 0 Å². The van der Waals surface area contributed by atoms with E-state index in [9.17, 15) is 13.2 Å². The third-order valence-electron chi connectivity index (χ3n) is 4.34. The van der Waals surface area contributed by atoms with Crippen LogP contribution in [0.25, 0.3) is 0 Å². The molecule has 2 aliphatic heterocycles. The molecule has 6 heteroatoms. The van der Waals surface area contributed by atoms with Crippen LogP contribution in [0, 0.1) is 0 Å². The Labute approximate surface area is 122 Å². The van der Waals surface area contributed by atoms with Crippen LogP contribution in [0.5, 0.6) is 0 Å². The third-order valence-corrected chi connectivity index (χ3v) is 6.50. The number of hydrogen-bond acceptors (Lipinski definition) is 4. The van der Waals surface area contributed by atoms with Crippen molar-refractivity contribution in [2.75, 3.05) is 18.8 Å².